The maximum atomic E-state index is 11.9. The molecule has 0 saturated carbocycles. The number of ether oxygens (including phenoxy) is 3. The Morgan fingerprint density at radius 1 is 1.24 bits per heavy atom. The Morgan fingerprint density at radius 3 is 2.43 bits per heavy atom. The van der Waals surface area contributed by atoms with E-state index in [1.165, 1.54) is 7.11 Å². The number of nitrogens with zero attached hydrogens (tertiary/aromatic N) is 1. The Kier molecular flexibility index (Phi) is 6.61. The maximum Gasteiger partial charge on any atom is 0.411 e. The third-order valence-corrected chi connectivity index (χ3v) is 2.61. The smallest absolute Gasteiger partial charge is 0.411 e. The molecule has 21 heavy (non-hydrogen) atoms. The summed E-state index contributed by atoms with van der Waals surface area (Å²) in [7, 11) is 2.80. The molecule has 6 heteroatoms. The van der Waals surface area contributed by atoms with E-state index in [0.29, 0.717) is 5.75 Å². The van der Waals surface area contributed by atoms with Crippen molar-refractivity contribution in [3.63, 3.8) is 0 Å². The van der Waals surface area contributed by atoms with Gasteiger partial charge in [-0.25, -0.2) is 4.79 Å². The molecular weight excluding hydrogens is 274 g/mol. The third-order valence-electron chi connectivity index (χ3n) is 2.61. The average Bonchev–Trinajstić information content (AvgIpc) is 2.52. The predicted molar refractivity (Wildman–Crippen MR) is 75.6 cm³/mol. The molecule has 0 atom stereocenters. The van der Waals surface area contributed by atoms with Gasteiger partial charge in [-0.1, -0.05) is 18.1 Å². The van der Waals surface area contributed by atoms with Gasteiger partial charge < -0.3 is 14.2 Å². The zero-order valence-corrected chi connectivity index (χ0v) is 12.0. The van der Waals surface area contributed by atoms with Crippen molar-refractivity contribution in [3.8, 4) is 18.1 Å². The number of benzene rings is 1. The molecular formula is C15H17NO5. The van der Waals surface area contributed by atoms with Gasteiger partial charge in [-0.15, -0.1) is 6.42 Å². The number of hydrogen-bond donors (Lipinski definition) is 0. The minimum absolute atomic E-state index is 0.0312. The molecule has 0 bridgehead atoms. The van der Waals surface area contributed by atoms with Gasteiger partial charge in [-0.2, -0.15) is 0 Å². The number of carbonyl (C=O) groups is 2. The van der Waals surface area contributed by atoms with E-state index in [2.05, 4.69) is 10.7 Å². The maximum absolute atomic E-state index is 11.9. The van der Waals surface area contributed by atoms with Crippen molar-refractivity contribution in [2.45, 2.75) is 6.61 Å². The van der Waals surface area contributed by atoms with E-state index in [-0.39, 0.29) is 19.7 Å². The summed E-state index contributed by atoms with van der Waals surface area (Å²) in [6, 6.07) is 7.07. The summed E-state index contributed by atoms with van der Waals surface area (Å²) in [6.07, 6.45) is 4.49. The van der Waals surface area contributed by atoms with Crippen molar-refractivity contribution in [2.24, 2.45) is 0 Å². The largest absolute Gasteiger partial charge is 0.497 e. The van der Waals surface area contributed by atoms with Gasteiger partial charge in [0, 0.05) is 0 Å². The Labute approximate surface area is 123 Å². The lowest BCUT2D eigenvalue weighted by Crippen LogP contribution is -2.36. The van der Waals surface area contributed by atoms with Gasteiger partial charge in [-0.05, 0) is 17.7 Å². The van der Waals surface area contributed by atoms with E-state index in [1.54, 1.807) is 31.4 Å². The lowest BCUT2D eigenvalue weighted by molar-refractivity contribution is -0.141. The second-order valence-electron chi connectivity index (χ2n) is 4.04. The predicted octanol–water partition coefficient (Wildman–Crippen LogP) is 1.44. The fourth-order valence-electron chi connectivity index (χ4n) is 1.47. The van der Waals surface area contributed by atoms with E-state index < -0.39 is 12.1 Å². The molecule has 0 aliphatic carbocycles. The topological polar surface area (TPSA) is 65.1 Å². The van der Waals surface area contributed by atoms with Crippen molar-refractivity contribution in [2.75, 3.05) is 27.3 Å². The molecule has 1 aromatic carbocycles. The molecule has 0 spiro atoms. The van der Waals surface area contributed by atoms with Crippen molar-refractivity contribution in [1.82, 2.24) is 4.90 Å². The standard InChI is InChI=1S/C15H17NO5/c1-4-9-16(10-14(17)20-3)15(18)21-11-12-5-7-13(19-2)8-6-12/h1,5-8H,9-11H2,2-3H3. The number of methoxy groups -OCH3 is 2. The van der Waals surface area contributed by atoms with Crippen molar-refractivity contribution >= 4 is 12.1 Å². The Bertz CT molecular complexity index is 518. The highest BCUT2D eigenvalue weighted by Gasteiger charge is 2.18. The van der Waals surface area contributed by atoms with Crippen LogP contribution in [0, 0.1) is 12.3 Å². The zero-order valence-electron chi connectivity index (χ0n) is 12.0. The molecule has 0 radical (unpaired) electrons. The molecule has 0 aromatic heterocycles. The van der Waals surface area contributed by atoms with Crippen molar-refractivity contribution in [3.05, 3.63) is 29.8 Å². The zero-order chi connectivity index (χ0) is 15.7. The molecule has 1 rings (SSSR count). The van der Waals surface area contributed by atoms with Crippen LogP contribution in [-0.2, 0) is 20.9 Å². The first-order chi connectivity index (χ1) is 10.1. The fraction of sp³-hybridized carbons (Fsp3) is 0.333. The summed E-state index contributed by atoms with van der Waals surface area (Å²) >= 11 is 0. The van der Waals surface area contributed by atoms with Crippen molar-refractivity contribution in [1.29, 1.82) is 0 Å². The Balaban J connectivity index is 2.56. The monoisotopic (exact) mass is 291 g/mol. The van der Waals surface area contributed by atoms with E-state index in [0.717, 1.165) is 10.5 Å². The molecule has 1 aromatic rings. The van der Waals surface area contributed by atoms with Gasteiger partial charge >= 0.3 is 12.1 Å². The van der Waals surface area contributed by atoms with Crippen LogP contribution in [0.2, 0.25) is 0 Å². The molecule has 0 unspecified atom stereocenters. The highest BCUT2D eigenvalue weighted by Crippen LogP contribution is 2.12. The molecule has 112 valence electrons. The van der Waals surface area contributed by atoms with Gasteiger partial charge in [0.25, 0.3) is 0 Å². The quantitative estimate of drug-likeness (QED) is 0.586. The van der Waals surface area contributed by atoms with Crippen LogP contribution in [-0.4, -0.2) is 44.3 Å². The van der Waals surface area contributed by atoms with E-state index in [9.17, 15) is 9.59 Å². The molecule has 0 aliphatic rings. The molecule has 0 N–H and O–H groups in total. The summed E-state index contributed by atoms with van der Waals surface area (Å²) in [5.74, 6) is 2.44. The lowest BCUT2D eigenvalue weighted by atomic mass is 10.2. The number of rotatable bonds is 6. The third kappa shape index (κ3) is 5.45. The van der Waals surface area contributed by atoms with Crippen LogP contribution < -0.4 is 4.74 Å². The van der Waals surface area contributed by atoms with Crippen LogP contribution in [0.1, 0.15) is 5.56 Å². The SMILES string of the molecule is C#CCN(CC(=O)OC)C(=O)OCc1ccc(OC)cc1. The minimum Gasteiger partial charge on any atom is -0.497 e. The number of hydrogen-bond acceptors (Lipinski definition) is 5. The van der Waals surface area contributed by atoms with Crippen LogP contribution in [0.15, 0.2) is 24.3 Å². The molecule has 0 saturated heterocycles. The van der Waals surface area contributed by atoms with Crippen LogP contribution in [0.3, 0.4) is 0 Å². The molecule has 0 aliphatic heterocycles. The molecule has 1 amide bonds. The van der Waals surface area contributed by atoms with Gasteiger partial charge in [0.15, 0.2) is 0 Å². The number of terminal acetylenes is 1. The summed E-state index contributed by atoms with van der Waals surface area (Å²) in [6.45, 7) is -0.205. The number of esters is 1. The summed E-state index contributed by atoms with van der Waals surface area (Å²) in [4.78, 5) is 24.1. The summed E-state index contributed by atoms with van der Waals surface area (Å²) < 4.78 is 14.6. The van der Waals surface area contributed by atoms with E-state index in [1.807, 2.05) is 0 Å². The summed E-state index contributed by atoms with van der Waals surface area (Å²) in [5.41, 5.74) is 0.794. The minimum atomic E-state index is -0.672. The Morgan fingerprint density at radius 2 is 1.90 bits per heavy atom. The van der Waals surface area contributed by atoms with Crippen LogP contribution >= 0.6 is 0 Å². The highest BCUT2D eigenvalue weighted by molar-refractivity contribution is 5.78. The second-order valence-corrected chi connectivity index (χ2v) is 4.04. The first-order valence-corrected chi connectivity index (χ1v) is 6.15. The van der Waals surface area contributed by atoms with E-state index in [4.69, 9.17) is 15.9 Å². The van der Waals surface area contributed by atoms with Gasteiger partial charge in [0.1, 0.15) is 18.9 Å². The first kappa shape index (κ1) is 16.4. The average molecular weight is 291 g/mol. The number of amides is 1. The van der Waals surface area contributed by atoms with Gasteiger partial charge in [0.05, 0.1) is 20.8 Å². The molecule has 6 nitrogen and oxygen atoms in total. The first-order valence-electron chi connectivity index (χ1n) is 6.15. The van der Waals surface area contributed by atoms with Crippen LogP contribution in [0.25, 0.3) is 0 Å². The van der Waals surface area contributed by atoms with Crippen molar-refractivity contribution < 1.29 is 23.8 Å². The number of carbonyl (C=O) groups excluding carboxylic acids is 2. The van der Waals surface area contributed by atoms with Gasteiger partial charge in [-0.3, -0.25) is 9.69 Å². The second kappa shape index (κ2) is 8.48. The van der Waals surface area contributed by atoms with Gasteiger partial charge in [0.2, 0.25) is 0 Å². The highest BCUT2D eigenvalue weighted by atomic mass is 16.6. The molecule has 0 fully saturated rings. The fourth-order valence-corrected chi connectivity index (χ4v) is 1.47. The Hall–Kier alpha value is -2.68. The van der Waals surface area contributed by atoms with Crippen LogP contribution in [0.5, 0.6) is 5.75 Å². The normalized spacial score (nSPS) is 9.38. The van der Waals surface area contributed by atoms with Crippen LogP contribution in [0.4, 0.5) is 4.79 Å². The van der Waals surface area contributed by atoms with E-state index >= 15 is 0 Å². The molecule has 0 heterocycles. The lowest BCUT2D eigenvalue weighted by Gasteiger charge is -2.18. The summed E-state index contributed by atoms with van der Waals surface area (Å²) in [5, 5.41) is 0.